The molecular weight excluding hydrogens is 336 g/mol. The molecule has 1 amide bonds. The van der Waals surface area contributed by atoms with Crippen LogP contribution in [0.15, 0.2) is 57.7 Å². The van der Waals surface area contributed by atoms with Crippen LogP contribution in [0.1, 0.15) is 28.9 Å². The van der Waals surface area contributed by atoms with E-state index in [0.717, 1.165) is 0 Å². The first kappa shape index (κ1) is 16.1. The molecule has 0 aliphatic heterocycles. The maximum atomic E-state index is 12.8. The second kappa shape index (κ2) is 6.18. The first-order valence-electron chi connectivity index (χ1n) is 8.13. The molecule has 0 radical (unpaired) electrons. The summed E-state index contributed by atoms with van der Waals surface area (Å²) in [7, 11) is 1.32. The van der Waals surface area contributed by atoms with Crippen molar-refractivity contribution in [2.24, 2.45) is 0 Å². The van der Waals surface area contributed by atoms with E-state index in [2.05, 4.69) is 15.2 Å². The van der Waals surface area contributed by atoms with Crippen LogP contribution in [0.4, 0.5) is 5.69 Å². The fraction of sp³-hybridized carbons (Fsp3) is 0.211. The molecule has 1 aliphatic rings. The minimum atomic E-state index is -0.685. The molecule has 0 bridgehead atoms. The van der Waals surface area contributed by atoms with Gasteiger partial charge in [-0.2, -0.15) is 0 Å². The van der Waals surface area contributed by atoms with Crippen LogP contribution >= 0.6 is 0 Å². The molecule has 0 spiro atoms. The number of carbonyl (C=O) groups excluding carboxylic acids is 2. The zero-order valence-corrected chi connectivity index (χ0v) is 14.0. The number of hydrogen-bond acceptors (Lipinski definition) is 6. The highest BCUT2D eigenvalue weighted by atomic mass is 16.5. The van der Waals surface area contributed by atoms with E-state index in [1.54, 1.807) is 48.7 Å². The van der Waals surface area contributed by atoms with Crippen molar-refractivity contribution >= 4 is 17.6 Å². The Hall–Kier alpha value is -3.35. The first-order chi connectivity index (χ1) is 12.6. The van der Waals surface area contributed by atoms with Gasteiger partial charge in [0.2, 0.25) is 11.7 Å². The van der Waals surface area contributed by atoms with Crippen LogP contribution in [-0.4, -0.2) is 24.1 Å². The average Bonchev–Trinajstić information content (AvgIpc) is 3.08. The number of aromatic nitrogens is 1. The summed E-state index contributed by atoms with van der Waals surface area (Å²) in [5.74, 6) is 0.488. The Morgan fingerprint density at radius 2 is 1.92 bits per heavy atom. The zero-order valence-electron chi connectivity index (χ0n) is 14.0. The smallest absolute Gasteiger partial charge is 0.337 e. The average molecular weight is 352 g/mol. The molecule has 3 aromatic rings. The molecule has 7 nitrogen and oxygen atoms in total. The van der Waals surface area contributed by atoms with Crippen molar-refractivity contribution in [3.63, 3.8) is 0 Å². The SMILES string of the molecule is COC(=O)c1ccc(NC(=O)C2(c3cc(-c4ccco4)on3)CC2)cc1. The van der Waals surface area contributed by atoms with Crippen LogP contribution in [0, 0.1) is 0 Å². The van der Waals surface area contributed by atoms with Gasteiger partial charge >= 0.3 is 5.97 Å². The molecule has 132 valence electrons. The Balaban J connectivity index is 1.50. The summed E-state index contributed by atoms with van der Waals surface area (Å²) in [6.45, 7) is 0. The van der Waals surface area contributed by atoms with Gasteiger partial charge in [-0.15, -0.1) is 0 Å². The van der Waals surface area contributed by atoms with Gasteiger partial charge in [0, 0.05) is 11.8 Å². The molecule has 2 aromatic heterocycles. The summed E-state index contributed by atoms with van der Waals surface area (Å²) in [4.78, 5) is 24.2. The third-order valence-corrected chi connectivity index (χ3v) is 4.51. The zero-order chi connectivity index (χ0) is 18.1. The van der Waals surface area contributed by atoms with Gasteiger partial charge in [-0.05, 0) is 49.2 Å². The van der Waals surface area contributed by atoms with Crippen LogP contribution in [0.5, 0.6) is 0 Å². The lowest BCUT2D eigenvalue weighted by molar-refractivity contribution is -0.118. The summed E-state index contributed by atoms with van der Waals surface area (Å²) in [6.07, 6.45) is 2.95. The van der Waals surface area contributed by atoms with Crippen LogP contribution < -0.4 is 5.32 Å². The number of ether oxygens (including phenoxy) is 1. The standard InChI is InChI=1S/C19H16N2O5/c1-24-17(22)12-4-6-13(7-5-12)20-18(23)19(8-9-19)16-11-15(26-21-16)14-3-2-10-25-14/h2-7,10-11H,8-9H2,1H3,(H,20,23). The van der Waals surface area contributed by atoms with Crippen LogP contribution in [-0.2, 0) is 14.9 Å². The molecule has 1 N–H and O–H groups in total. The van der Waals surface area contributed by atoms with Crippen LogP contribution in [0.2, 0.25) is 0 Å². The molecule has 1 aliphatic carbocycles. The summed E-state index contributed by atoms with van der Waals surface area (Å²) in [5.41, 5.74) is 0.928. The third kappa shape index (κ3) is 2.77. The molecule has 2 heterocycles. The third-order valence-electron chi connectivity index (χ3n) is 4.51. The van der Waals surface area contributed by atoms with E-state index in [1.807, 2.05) is 0 Å². The van der Waals surface area contributed by atoms with Crippen molar-refractivity contribution in [2.45, 2.75) is 18.3 Å². The minimum Gasteiger partial charge on any atom is -0.465 e. The van der Waals surface area contributed by atoms with Gasteiger partial charge in [-0.1, -0.05) is 5.16 Å². The predicted molar refractivity (Wildman–Crippen MR) is 91.5 cm³/mol. The van der Waals surface area contributed by atoms with Crippen molar-refractivity contribution in [2.75, 3.05) is 12.4 Å². The minimum absolute atomic E-state index is 0.150. The fourth-order valence-corrected chi connectivity index (χ4v) is 2.82. The quantitative estimate of drug-likeness (QED) is 0.707. The van der Waals surface area contributed by atoms with E-state index in [9.17, 15) is 9.59 Å². The summed E-state index contributed by atoms with van der Waals surface area (Å²) in [5, 5.41) is 6.94. The number of anilines is 1. The Morgan fingerprint density at radius 3 is 2.54 bits per heavy atom. The number of furan rings is 1. The van der Waals surface area contributed by atoms with E-state index in [4.69, 9.17) is 8.94 Å². The number of rotatable bonds is 5. The van der Waals surface area contributed by atoms with Crippen molar-refractivity contribution in [1.82, 2.24) is 5.16 Å². The van der Waals surface area contributed by atoms with Gasteiger partial charge < -0.3 is 19.0 Å². The maximum Gasteiger partial charge on any atom is 0.337 e. The van der Waals surface area contributed by atoms with Gasteiger partial charge in [0.25, 0.3) is 0 Å². The van der Waals surface area contributed by atoms with Crippen molar-refractivity contribution in [3.05, 3.63) is 60.0 Å². The van der Waals surface area contributed by atoms with E-state index in [1.165, 1.54) is 7.11 Å². The van der Waals surface area contributed by atoms with E-state index in [0.29, 0.717) is 41.3 Å². The van der Waals surface area contributed by atoms with Gasteiger partial charge in [0.05, 0.1) is 30.0 Å². The Bertz CT molecular complexity index is 937. The predicted octanol–water partition coefficient (Wildman–Crippen LogP) is 3.39. The van der Waals surface area contributed by atoms with Gasteiger partial charge in [0.15, 0.2) is 5.76 Å². The molecule has 26 heavy (non-hydrogen) atoms. The van der Waals surface area contributed by atoms with Crippen molar-refractivity contribution in [1.29, 1.82) is 0 Å². The van der Waals surface area contributed by atoms with Crippen molar-refractivity contribution < 1.29 is 23.3 Å². The lowest BCUT2D eigenvalue weighted by atomic mass is 10.0. The molecule has 0 saturated heterocycles. The second-order valence-corrected chi connectivity index (χ2v) is 6.16. The highest BCUT2D eigenvalue weighted by Gasteiger charge is 2.54. The fourth-order valence-electron chi connectivity index (χ4n) is 2.82. The number of esters is 1. The highest BCUT2D eigenvalue weighted by Crippen LogP contribution is 2.49. The topological polar surface area (TPSA) is 94.6 Å². The van der Waals surface area contributed by atoms with Gasteiger partial charge in [-0.3, -0.25) is 4.79 Å². The Kier molecular flexibility index (Phi) is 3.84. The monoisotopic (exact) mass is 352 g/mol. The van der Waals surface area contributed by atoms with Gasteiger partial charge in [-0.25, -0.2) is 4.79 Å². The largest absolute Gasteiger partial charge is 0.465 e. The van der Waals surface area contributed by atoms with Crippen molar-refractivity contribution in [3.8, 4) is 11.5 Å². The lowest BCUT2D eigenvalue weighted by Gasteiger charge is -2.12. The number of nitrogens with zero attached hydrogens (tertiary/aromatic N) is 1. The molecule has 0 unspecified atom stereocenters. The number of amides is 1. The molecule has 1 aromatic carbocycles. The summed E-state index contributed by atoms with van der Waals surface area (Å²) >= 11 is 0. The molecule has 4 rings (SSSR count). The van der Waals surface area contributed by atoms with E-state index in [-0.39, 0.29) is 5.91 Å². The molecule has 1 fully saturated rings. The Morgan fingerprint density at radius 1 is 1.15 bits per heavy atom. The molecule has 0 atom stereocenters. The normalized spacial score (nSPS) is 14.7. The lowest BCUT2D eigenvalue weighted by Crippen LogP contribution is -2.28. The number of nitrogens with one attached hydrogen (secondary N) is 1. The number of methoxy groups -OCH3 is 1. The first-order valence-corrected chi connectivity index (χ1v) is 8.13. The summed E-state index contributed by atoms with van der Waals surface area (Å²) in [6, 6.07) is 11.8. The number of carbonyl (C=O) groups is 2. The second-order valence-electron chi connectivity index (χ2n) is 6.16. The molecule has 1 saturated carbocycles. The molecule has 7 heteroatoms. The van der Waals surface area contributed by atoms with Crippen LogP contribution in [0.3, 0.4) is 0 Å². The number of hydrogen-bond donors (Lipinski definition) is 1. The van der Waals surface area contributed by atoms with E-state index < -0.39 is 11.4 Å². The van der Waals surface area contributed by atoms with Gasteiger partial charge in [0.1, 0.15) is 0 Å². The van der Waals surface area contributed by atoms with Crippen LogP contribution in [0.25, 0.3) is 11.5 Å². The summed E-state index contributed by atoms with van der Waals surface area (Å²) < 4.78 is 15.3. The highest BCUT2D eigenvalue weighted by molar-refractivity contribution is 6.01. The van der Waals surface area contributed by atoms with E-state index >= 15 is 0 Å². The number of benzene rings is 1. The Labute approximate surface area is 148 Å². The molecular formula is C19H16N2O5. The maximum absolute atomic E-state index is 12.8.